The summed E-state index contributed by atoms with van der Waals surface area (Å²) >= 11 is 0. The van der Waals surface area contributed by atoms with Gasteiger partial charge in [-0.15, -0.1) is 0 Å². The van der Waals surface area contributed by atoms with Gasteiger partial charge in [0, 0.05) is 19.0 Å². The minimum atomic E-state index is 0.0379. The fourth-order valence-corrected chi connectivity index (χ4v) is 2.38. The van der Waals surface area contributed by atoms with Crippen LogP contribution >= 0.6 is 0 Å². The van der Waals surface area contributed by atoms with Crippen LogP contribution in [-0.4, -0.2) is 29.1 Å². The van der Waals surface area contributed by atoms with E-state index in [1.54, 1.807) is 7.11 Å². The second kappa shape index (κ2) is 3.90. The molecule has 0 radical (unpaired) electrons. The molecular formula is C12H14N4O2. The molecule has 1 aliphatic heterocycles. The predicted molar refractivity (Wildman–Crippen MR) is 67.4 cm³/mol. The molecule has 1 aromatic heterocycles. The van der Waals surface area contributed by atoms with E-state index in [1.807, 2.05) is 22.8 Å². The number of amides is 1. The summed E-state index contributed by atoms with van der Waals surface area (Å²) in [6.07, 6.45) is 0.446. The van der Waals surface area contributed by atoms with Gasteiger partial charge in [0.2, 0.25) is 11.9 Å². The lowest BCUT2D eigenvalue weighted by Gasteiger charge is -2.12. The molecule has 1 unspecified atom stereocenters. The van der Waals surface area contributed by atoms with Crippen molar-refractivity contribution in [2.24, 2.45) is 0 Å². The quantitative estimate of drug-likeness (QED) is 0.816. The van der Waals surface area contributed by atoms with Crippen LogP contribution in [0.3, 0.4) is 0 Å². The van der Waals surface area contributed by atoms with Crippen molar-refractivity contribution >= 4 is 22.9 Å². The zero-order valence-corrected chi connectivity index (χ0v) is 10.0. The predicted octanol–water partition coefficient (Wildman–Crippen LogP) is 0.688. The third-order valence-corrected chi connectivity index (χ3v) is 3.24. The van der Waals surface area contributed by atoms with Crippen LogP contribution < -0.4 is 15.8 Å². The molecule has 6 heteroatoms. The number of aromatic nitrogens is 2. The first-order valence-corrected chi connectivity index (χ1v) is 5.77. The number of carbonyl (C=O) groups excluding carboxylic acids is 1. The monoisotopic (exact) mass is 246 g/mol. The number of anilines is 1. The SMILES string of the molecule is COc1ccc2c(c1)nc(N)n2C1CNC(=O)C1. The van der Waals surface area contributed by atoms with Crippen LogP contribution in [0.4, 0.5) is 5.95 Å². The molecule has 3 N–H and O–H groups in total. The van der Waals surface area contributed by atoms with E-state index in [2.05, 4.69) is 10.3 Å². The summed E-state index contributed by atoms with van der Waals surface area (Å²) in [5.74, 6) is 1.22. The zero-order valence-electron chi connectivity index (χ0n) is 10.0. The van der Waals surface area contributed by atoms with E-state index in [4.69, 9.17) is 10.5 Å². The Labute approximate surface area is 104 Å². The summed E-state index contributed by atoms with van der Waals surface area (Å²) in [6.45, 7) is 0.598. The fourth-order valence-electron chi connectivity index (χ4n) is 2.38. The lowest BCUT2D eigenvalue weighted by molar-refractivity contribution is -0.119. The highest BCUT2D eigenvalue weighted by Crippen LogP contribution is 2.28. The Balaban J connectivity index is 2.11. The van der Waals surface area contributed by atoms with Gasteiger partial charge in [-0.05, 0) is 12.1 Å². The van der Waals surface area contributed by atoms with Gasteiger partial charge in [-0.2, -0.15) is 0 Å². The second-order valence-corrected chi connectivity index (χ2v) is 4.36. The van der Waals surface area contributed by atoms with E-state index in [0.29, 0.717) is 18.9 Å². The molecule has 1 aromatic carbocycles. The Morgan fingerprint density at radius 1 is 1.56 bits per heavy atom. The van der Waals surface area contributed by atoms with Crippen LogP contribution in [0.2, 0.25) is 0 Å². The van der Waals surface area contributed by atoms with Gasteiger partial charge >= 0.3 is 0 Å². The maximum absolute atomic E-state index is 11.3. The van der Waals surface area contributed by atoms with E-state index in [-0.39, 0.29) is 11.9 Å². The molecule has 18 heavy (non-hydrogen) atoms. The van der Waals surface area contributed by atoms with Crippen molar-refractivity contribution in [1.82, 2.24) is 14.9 Å². The summed E-state index contributed by atoms with van der Waals surface area (Å²) in [5, 5.41) is 2.80. The van der Waals surface area contributed by atoms with Gasteiger partial charge in [-0.1, -0.05) is 0 Å². The van der Waals surface area contributed by atoms with Gasteiger partial charge in [0.05, 0.1) is 24.2 Å². The lowest BCUT2D eigenvalue weighted by atomic mass is 10.2. The number of ether oxygens (including phenoxy) is 1. The first-order chi connectivity index (χ1) is 8.69. The largest absolute Gasteiger partial charge is 0.497 e. The summed E-state index contributed by atoms with van der Waals surface area (Å²) in [5.41, 5.74) is 7.65. The number of hydrogen-bond donors (Lipinski definition) is 2. The molecule has 1 saturated heterocycles. The average Bonchev–Trinajstić information content (AvgIpc) is 2.90. The number of nitrogen functional groups attached to an aromatic ring is 1. The van der Waals surface area contributed by atoms with Crippen LogP contribution in [-0.2, 0) is 4.79 Å². The van der Waals surface area contributed by atoms with Gasteiger partial charge in [-0.3, -0.25) is 4.79 Å². The standard InChI is InChI=1S/C12H14N4O2/c1-18-8-2-3-10-9(5-8)15-12(13)16(10)7-4-11(17)14-6-7/h2-3,5,7H,4,6H2,1H3,(H2,13,15)(H,14,17). The number of nitrogens with two attached hydrogens (primary N) is 1. The highest BCUT2D eigenvalue weighted by molar-refractivity contribution is 5.82. The molecule has 1 amide bonds. The highest BCUT2D eigenvalue weighted by atomic mass is 16.5. The molecule has 2 aromatic rings. The third kappa shape index (κ3) is 1.57. The molecule has 2 heterocycles. The van der Waals surface area contributed by atoms with Crippen molar-refractivity contribution < 1.29 is 9.53 Å². The number of imidazole rings is 1. The van der Waals surface area contributed by atoms with E-state index < -0.39 is 0 Å². The first kappa shape index (κ1) is 10.9. The number of benzene rings is 1. The molecule has 1 atom stereocenters. The van der Waals surface area contributed by atoms with Crippen LogP contribution in [0.15, 0.2) is 18.2 Å². The summed E-state index contributed by atoms with van der Waals surface area (Å²) in [4.78, 5) is 15.6. The molecule has 0 spiro atoms. The third-order valence-electron chi connectivity index (χ3n) is 3.24. The normalized spacial score (nSPS) is 19.2. The summed E-state index contributed by atoms with van der Waals surface area (Å²) in [7, 11) is 1.61. The van der Waals surface area contributed by atoms with Crippen LogP contribution in [0, 0.1) is 0 Å². The van der Waals surface area contributed by atoms with Crippen molar-refractivity contribution in [1.29, 1.82) is 0 Å². The van der Waals surface area contributed by atoms with Crippen molar-refractivity contribution in [3.8, 4) is 5.75 Å². The number of hydrogen-bond acceptors (Lipinski definition) is 4. The van der Waals surface area contributed by atoms with Gasteiger partial charge in [0.1, 0.15) is 5.75 Å². The number of nitrogens with zero attached hydrogens (tertiary/aromatic N) is 2. The molecule has 1 fully saturated rings. The van der Waals surface area contributed by atoms with E-state index in [1.165, 1.54) is 0 Å². The van der Waals surface area contributed by atoms with Crippen molar-refractivity contribution in [3.05, 3.63) is 18.2 Å². The van der Waals surface area contributed by atoms with E-state index in [0.717, 1.165) is 16.8 Å². The Bertz CT molecular complexity index is 620. The van der Waals surface area contributed by atoms with Gasteiger partial charge in [0.15, 0.2) is 0 Å². The number of nitrogens with one attached hydrogen (secondary N) is 1. The molecule has 0 saturated carbocycles. The van der Waals surface area contributed by atoms with Crippen molar-refractivity contribution in [2.45, 2.75) is 12.5 Å². The lowest BCUT2D eigenvalue weighted by Crippen LogP contribution is -2.16. The smallest absolute Gasteiger partial charge is 0.222 e. The topological polar surface area (TPSA) is 82.2 Å². The Hall–Kier alpha value is -2.24. The summed E-state index contributed by atoms with van der Waals surface area (Å²) in [6, 6.07) is 5.66. The minimum absolute atomic E-state index is 0.0379. The van der Waals surface area contributed by atoms with Crippen LogP contribution in [0.5, 0.6) is 5.75 Å². The van der Waals surface area contributed by atoms with E-state index >= 15 is 0 Å². The van der Waals surface area contributed by atoms with Gasteiger partial charge in [-0.25, -0.2) is 4.98 Å². The number of carbonyl (C=O) groups is 1. The van der Waals surface area contributed by atoms with Crippen LogP contribution in [0.1, 0.15) is 12.5 Å². The molecule has 3 rings (SSSR count). The number of rotatable bonds is 2. The Kier molecular flexibility index (Phi) is 2.36. The van der Waals surface area contributed by atoms with Crippen molar-refractivity contribution in [3.63, 3.8) is 0 Å². The fraction of sp³-hybridized carbons (Fsp3) is 0.333. The molecule has 1 aliphatic rings. The molecular weight excluding hydrogens is 232 g/mol. The highest BCUT2D eigenvalue weighted by Gasteiger charge is 2.26. The maximum Gasteiger partial charge on any atom is 0.222 e. The average molecular weight is 246 g/mol. The van der Waals surface area contributed by atoms with E-state index in [9.17, 15) is 4.79 Å². The Morgan fingerprint density at radius 3 is 3.06 bits per heavy atom. The molecule has 94 valence electrons. The van der Waals surface area contributed by atoms with Crippen LogP contribution in [0.25, 0.3) is 11.0 Å². The number of fused-ring (bicyclic) bond motifs is 1. The van der Waals surface area contributed by atoms with Crippen molar-refractivity contribution in [2.75, 3.05) is 19.4 Å². The molecule has 0 aliphatic carbocycles. The first-order valence-electron chi connectivity index (χ1n) is 5.77. The Morgan fingerprint density at radius 2 is 2.39 bits per heavy atom. The van der Waals surface area contributed by atoms with Gasteiger partial charge < -0.3 is 20.4 Å². The minimum Gasteiger partial charge on any atom is -0.497 e. The molecule has 0 bridgehead atoms. The summed E-state index contributed by atoms with van der Waals surface area (Å²) < 4.78 is 7.07. The van der Waals surface area contributed by atoms with Gasteiger partial charge in [0.25, 0.3) is 0 Å². The number of methoxy groups -OCH3 is 1. The second-order valence-electron chi connectivity index (χ2n) is 4.36. The molecule has 6 nitrogen and oxygen atoms in total. The zero-order chi connectivity index (χ0) is 12.7. The maximum atomic E-state index is 11.3.